The molecule has 2 radical (unpaired) electrons. The van der Waals surface area contributed by atoms with E-state index in [1.165, 1.54) is 0 Å². The van der Waals surface area contributed by atoms with Gasteiger partial charge in [0.15, 0.2) is 0 Å². The van der Waals surface area contributed by atoms with Gasteiger partial charge in [-0.15, -0.1) is 34.0 Å². The summed E-state index contributed by atoms with van der Waals surface area (Å²) in [5.41, 5.74) is 0. The maximum absolute atomic E-state index is 5.02. The summed E-state index contributed by atoms with van der Waals surface area (Å²) in [6.45, 7) is 5.60. The Morgan fingerprint density at radius 2 is 1.33 bits per heavy atom. The van der Waals surface area contributed by atoms with Gasteiger partial charge in [-0.05, 0) is 0 Å². The molecule has 2 nitrogen and oxygen atoms in total. The van der Waals surface area contributed by atoms with E-state index in [4.69, 9.17) is 6.15 Å². The summed E-state index contributed by atoms with van der Waals surface area (Å²) in [4.78, 5) is 0. The molecule has 0 bridgehead atoms. The van der Waals surface area contributed by atoms with Crippen molar-refractivity contribution < 1.29 is 6.15 Å². The van der Waals surface area contributed by atoms with E-state index in [2.05, 4.69) is 0 Å². The van der Waals surface area contributed by atoms with Gasteiger partial charge in [-0.1, -0.05) is 0 Å². The summed E-state index contributed by atoms with van der Waals surface area (Å²) in [5, 5.41) is 0. The van der Waals surface area contributed by atoms with Crippen LogP contribution in [0.4, 0.5) is 0 Å². The van der Waals surface area contributed by atoms with Gasteiger partial charge in [0.25, 0.3) is 0 Å². The molecule has 0 heterocycles. The van der Waals surface area contributed by atoms with Crippen molar-refractivity contribution in [1.29, 1.82) is 0 Å². The summed E-state index contributed by atoms with van der Waals surface area (Å²) in [6.07, 6.45) is 0. The molecule has 0 amide bonds. The van der Waals surface area contributed by atoms with Gasteiger partial charge in [0.05, 0.1) is 0 Å². The zero-order chi connectivity index (χ0) is 5.54. The Balaban J connectivity index is -0.000000180. The molecule has 0 aromatic heterocycles. The molecule has 0 aromatic carbocycles. The van der Waals surface area contributed by atoms with Crippen LogP contribution < -0.4 is 0 Å². The van der Waals surface area contributed by atoms with Crippen molar-refractivity contribution in [1.82, 2.24) is 0 Å². The zero-order valence-electron chi connectivity index (χ0n) is 5.55. The van der Waals surface area contributed by atoms with Gasteiger partial charge in [-0.2, -0.15) is 0 Å². The van der Waals surface area contributed by atoms with Crippen LogP contribution in [0.3, 0.4) is 0 Å². The predicted octanol–water partition coefficient (Wildman–Crippen LogP) is 1.75. The summed E-state index contributed by atoms with van der Waals surface area (Å²) in [7, 11) is 0. The second-order valence-corrected chi connectivity index (χ2v) is 3.07. The normalized spacial score (nSPS) is 7.33. The molecule has 0 unspecified atom stereocenters. The third kappa shape index (κ3) is 17.7. The van der Waals surface area contributed by atoms with E-state index < -0.39 is 22.0 Å². The van der Waals surface area contributed by atoms with Crippen molar-refractivity contribution in [3.8, 4) is 0 Å². The van der Waals surface area contributed by atoms with Crippen LogP contribution in [-0.2, 0) is 6.15 Å². The Morgan fingerprint density at radius 3 is 1.56 bits per heavy atom. The minimum absolute atomic E-state index is 0. The number of hydrogen-bond acceptors (Lipinski definition) is 2. The van der Waals surface area contributed by atoms with Crippen molar-refractivity contribution in [2.75, 3.05) is 13.2 Å². The number of halogens is 2. The first-order valence-electron chi connectivity index (χ1n) is 2.40. The monoisotopic (exact) mass is 370 g/mol. The molecule has 5 heteroatoms. The second-order valence-electron chi connectivity index (χ2n) is 0.949. The average Bonchev–Trinajstić information content (AvgIpc) is 1.69. The van der Waals surface area contributed by atoms with Crippen molar-refractivity contribution >= 4 is 55.9 Å². The van der Waals surface area contributed by atoms with Gasteiger partial charge >= 0.3 is 55.2 Å². The molecule has 9 heavy (non-hydrogen) atoms. The van der Waals surface area contributed by atoms with Crippen LogP contribution >= 0.6 is 34.0 Å². The molecule has 0 aliphatic heterocycles. The van der Waals surface area contributed by atoms with E-state index in [1.54, 1.807) is 0 Å². The third-order valence-corrected chi connectivity index (χ3v) is 2.73. The Labute approximate surface area is 88.5 Å². The molecular formula is C4H12Br2O2Sn. The van der Waals surface area contributed by atoms with Crippen LogP contribution in [0.5, 0.6) is 0 Å². The number of hydrogen-bond donors (Lipinski definition) is 0. The topological polar surface area (TPSA) is 18.5 Å². The first kappa shape index (κ1) is 17.0. The van der Waals surface area contributed by atoms with Crippen molar-refractivity contribution in [3.05, 3.63) is 0 Å². The first-order chi connectivity index (χ1) is 3.41. The molecule has 0 aliphatic rings. The minimum atomic E-state index is -0.819. The molecule has 0 spiro atoms. The van der Waals surface area contributed by atoms with E-state index >= 15 is 0 Å². The van der Waals surface area contributed by atoms with E-state index in [-0.39, 0.29) is 34.0 Å². The zero-order valence-corrected chi connectivity index (χ0v) is 11.8. The fraction of sp³-hybridized carbons (Fsp3) is 1.00. The SMILES string of the molecule is Br.Br.CC[O][Sn][O]CC. The molecule has 0 fully saturated rings. The molecule has 0 aromatic rings. The van der Waals surface area contributed by atoms with Gasteiger partial charge in [0, 0.05) is 0 Å². The van der Waals surface area contributed by atoms with Gasteiger partial charge < -0.3 is 0 Å². The van der Waals surface area contributed by atoms with Crippen LogP contribution in [0, 0.1) is 0 Å². The standard InChI is InChI=1S/2C2H5O.2BrH.Sn/c2*1-2-3;;;/h2*2H2,1H3;2*1H;/q2*-1;;;+2. The maximum atomic E-state index is 5.02. The Kier molecular flexibility index (Phi) is 30.8. The van der Waals surface area contributed by atoms with E-state index in [9.17, 15) is 0 Å². The van der Waals surface area contributed by atoms with Gasteiger partial charge in [-0.25, -0.2) is 0 Å². The molecule has 0 saturated heterocycles. The number of rotatable bonds is 4. The third-order valence-electron chi connectivity index (χ3n) is 0.407. The van der Waals surface area contributed by atoms with E-state index in [0.717, 1.165) is 13.2 Å². The van der Waals surface area contributed by atoms with Crippen molar-refractivity contribution in [2.24, 2.45) is 0 Å². The fourth-order valence-corrected chi connectivity index (χ4v) is 1.07. The average molecular weight is 371 g/mol. The Hall–Kier alpha value is 1.68. The Bertz CT molecular complexity index is 35.7. The van der Waals surface area contributed by atoms with Gasteiger partial charge in [0.2, 0.25) is 0 Å². The second kappa shape index (κ2) is 16.3. The fourth-order valence-electron chi connectivity index (χ4n) is 0.160. The van der Waals surface area contributed by atoms with Gasteiger partial charge in [-0.3, -0.25) is 0 Å². The van der Waals surface area contributed by atoms with E-state index in [0.29, 0.717) is 0 Å². The quantitative estimate of drug-likeness (QED) is 0.554. The molecule has 0 atom stereocenters. The van der Waals surface area contributed by atoms with Crippen LogP contribution in [0.25, 0.3) is 0 Å². The predicted molar refractivity (Wildman–Crippen MR) is 49.7 cm³/mol. The molecular weight excluding hydrogens is 359 g/mol. The summed E-state index contributed by atoms with van der Waals surface area (Å²) >= 11 is -0.819. The van der Waals surface area contributed by atoms with Crippen molar-refractivity contribution in [2.45, 2.75) is 13.8 Å². The molecule has 0 rings (SSSR count). The van der Waals surface area contributed by atoms with Crippen molar-refractivity contribution in [3.63, 3.8) is 0 Å². The molecule has 58 valence electrons. The van der Waals surface area contributed by atoms with Crippen LogP contribution in [0.15, 0.2) is 0 Å². The molecule has 0 aliphatic carbocycles. The van der Waals surface area contributed by atoms with Crippen LogP contribution in [-0.4, -0.2) is 35.2 Å². The van der Waals surface area contributed by atoms with Crippen LogP contribution in [0.2, 0.25) is 0 Å². The van der Waals surface area contributed by atoms with E-state index in [1.807, 2.05) is 13.8 Å². The molecule has 0 saturated carbocycles. The summed E-state index contributed by atoms with van der Waals surface area (Å²) in [5.74, 6) is 0. The Morgan fingerprint density at radius 1 is 1.00 bits per heavy atom. The summed E-state index contributed by atoms with van der Waals surface area (Å²) in [6, 6.07) is 0. The van der Waals surface area contributed by atoms with Crippen LogP contribution in [0.1, 0.15) is 13.8 Å². The molecule has 0 N–H and O–H groups in total. The first-order valence-corrected chi connectivity index (χ1v) is 4.73. The summed E-state index contributed by atoms with van der Waals surface area (Å²) < 4.78 is 10.0. The van der Waals surface area contributed by atoms with Gasteiger partial charge in [0.1, 0.15) is 0 Å².